The molecule has 1 atom stereocenters. The summed E-state index contributed by atoms with van der Waals surface area (Å²) in [4.78, 5) is 4.27. The van der Waals surface area contributed by atoms with Crippen LogP contribution in [0.15, 0.2) is 0 Å². The summed E-state index contributed by atoms with van der Waals surface area (Å²) >= 11 is 0. The Morgan fingerprint density at radius 3 is 2.44 bits per heavy atom. The van der Waals surface area contributed by atoms with Gasteiger partial charge in [-0.2, -0.15) is 5.10 Å². The van der Waals surface area contributed by atoms with Gasteiger partial charge < -0.3 is 5.32 Å². The Labute approximate surface area is 106 Å². The Bertz CT molecular complexity index is 372. The fourth-order valence-corrected chi connectivity index (χ4v) is 2.52. The first-order chi connectivity index (χ1) is 8.56. The molecule has 6 heteroatoms. The van der Waals surface area contributed by atoms with E-state index in [1.807, 2.05) is 13.8 Å². The lowest BCUT2D eigenvalue weighted by atomic mass is 9.86. The number of nitrogens with one attached hydrogen (secondary N) is 2. The van der Waals surface area contributed by atoms with Gasteiger partial charge in [0.15, 0.2) is 5.82 Å². The molecular weight excluding hydrogens is 238 g/mol. The van der Waals surface area contributed by atoms with E-state index in [9.17, 15) is 8.78 Å². The molecule has 1 aromatic heterocycles. The summed E-state index contributed by atoms with van der Waals surface area (Å²) in [5.74, 6) is 1.12. The van der Waals surface area contributed by atoms with Crippen LogP contribution in [0.25, 0.3) is 0 Å². The van der Waals surface area contributed by atoms with E-state index < -0.39 is 12.3 Å². The molecule has 0 bridgehead atoms. The van der Waals surface area contributed by atoms with Crippen LogP contribution >= 0.6 is 0 Å². The SMILES string of the molecule is Cc1nc(C(C)NC2CCC(C(F)F)CC2)n[nH]1. The van der Waals surface area contributed by atoms with Gasteiger partial charge in [0.1, 0.15) is 5.82 Å². The van der Waals surface area contributed by atoms with Crippen molar-refractivity contribution in [3.63, 3.8) is 0 Å². The number of nitrogens with zero attached hydrogens (tertiary/aromatic N) is 2. The maximum Gasteiger partial charge on any atom is 0.241 e. The van der Waals surface area contributed by atoms with E-state index in [0.29, 0.717) is 18.9 Å². The lowest BCUT2D eigenvalue weighted by Crippen LogP contribution is -2.36. The highest BCUT2D eigenvalue weighted by atomic mass is 19.3. The molecule has 0 aromatic carbocycles. The predicted octanol–water partition coefficient (Wildman–Crippen LogP) is 2.59. The molecule has 2 rings (SSSR count). The summed E-state index contributed by atoms with van der Waals surface area (Å²) in [5, 5.41) is 10.3. The second kappa shape index (κ2) is 5.73. The first kappa shape index (κ1) is 13.4. The number of alkyl halides is 2. The smallest absolute Gasteiger partial charge is 0.241 e. The van der Waals surface area contributed by atoms with Gasteiger partial charge in [-0.05, 0) is 39.5 Å². The Morgan fingerprint density at radius 1 is 1.28 bits per heavy atom. The zero-order chi connectivity index (χ0) is 13.1. The van der Waals surface area contributed by atoms with Gasteiger partial charge in [-0.25, -0.2) is 13.8 Å². The highest BCUT2D eigenvalue weighted by molar-refractivity contribution is 4.95. The van der Waals surface area contributed by atoms with Gasteiger partial charge in [-0.15, -0.1) is 0 Å². The molecule has 1 saturated carbocycles. The fraction of sp³-hybridized carbons (Fsp3) is 0.833. The standard InChI is InChI=1S/C12H20F2N4/c1-7(12-16-8(2)17-18-12)15-10-5-3-9(4-6-10)11(13)14/h7,9-11,15H,3-6H2,1-2H3,(H,16,17,18). The average Bonchev–Trinajstić information content (AvgIpc) is 2.76. The summed E-state index contributed by atoms with van der Waals surface area (Å²) in [6.07, 6.45) is 0.661. The Hall–Kier alpha value is -1.04. The monoisotopic (exact) mass is 258 g/mol. The van der Waals surface area contributed by atoms with Gasteiger partial charge in [0.2, 0.25) is 6.43 Å². The normalized spacial score (nSPS) is 26.5. The molecule has 0 amide bonds. The molecule has 0 spiro atoms. The summed E-state index contributed by atoms with van der Waals surface area (Å²) in [6.45, 7) is 3.86. The van der Waals surface area contributed by atoms with Crippen molar-refractivity contribution in [3.8, 4) is 0 Å². The van der Waals surface area contributed by atoms with E-state index in [1.54, 1.807) is 0 Å². The minimum absolute atomic E-state index is 0.0584. The maximum atomic E-state index is 12.5. The van der Waals surface area contributed by atoms with Crippen LogP contribution in [-0.2, 0) is 0 Å². The van der Waals surface area contributed by atoms with Crippen molar-refractivity contribution in [2.24, 2.45) is 5.92 Å². The second-order valence-corrected chi connectivity index (χ2v) is 5.11. The Balaban J connectivity index is 1.81. The number of halogens is 2. The Kier molecular flexibility index (Phi) is 4.27. The molecule has 4 nitrogen and oxygen atoms in total. The van der Waals surface area contributed by atoms with Gasteiger partial charge >= 0.3 is 0 Å². The molecule has 1 aliphatic carbocycles. The summed E-state index contributed by atoms with van der Waals surface area (Å²) in [5.41, 5.74) is 0. The number of aryl methyl sites for hydroxylation is 1. The van der Waals surface area contributed by atoms with E-state index in [2.05, 4.69) is 20.5 Å². The van der Waals surface area contributed by atoms with Crippen molar-refractivity contribution in [3.05, 3.63) is 11.6 Å². The summed E-state index contributed by atoms with van der Waals surface area (Å²) in [7, 11) is 0. The maximum absolute atomic E-state index is 12.5. The molecule has 2 N–H and O–H groups in total. The molecule has 1 aromatic rings. The third kappa shape index (κ3) is 3.25. The van der Waals surface area contributed by atoms with E-state index in [-0.39, 0.29) is 6.04 Å². The van der Waals surface area contributed by atoms with Crippen LogP contribution < -0.4 is 5.32 Å². The first-order valence-electron chi connectivity index (χ1n) is 6.49. The molecule has 0 aliphatic heterocycles. The van der Waals surface area contributed by atoms with Crippen molar-refractivity contribution in [1.29, 1.82) is 0 Å². The molecular formula is C12H20F2N4. The second-order valence-electron chi connectivity index (χ2n) is 5.11. The topological polar surface area (TPSA) is 53.6 Å². The summed E-state index contributed by atoms with van der Waals surface area (Å²) in [6, 6.07) is 0.358. The molecule has 102 valence electrons. The molecule has 1 heterocycles. The highest BCUT2D eigenvalue weighted by Crippen LogP contribution is 2.29. The van der Waals surface area contributed by atoms with Crippen LogP contribution in [-0.4, -0.2) is 27.6 Å². The van der Waals surface area contributed by atoms with Crippen molar-refractivity contribution >= 4 is 0 Å². The largest absolute Gasteiger partial charge is 0.305 e. The number of hydrogen-bond donors (Lipinski definition) is 2. The number of rotatable bonds is 4. The van der Waals surface area contributed by atoms with E-state index in [1.165, 1.54) is 0 Å². The van der Waals surface area contributed by atoms with Gasteiger partial charge in [-0.3, -0.25) is 5.10 Å². The number of aromatic amines is 1. The molecule has 1 aliphatic rings. The zero-order valence-corrected chi connectivity index (χ0v) is 10.8. The van der Waals surface area contributed by atoms with E-state index in [4.69, 9.17) is 0 Å². The lowest BCUT2D eigenvalue weighted by molar-refractivity contribution is 0.0498. The van der Waals surface area contributed by atoms with E-state index >= 15 is 0 Å². The minimum atomic E-state index is -2.17. The molecule has 0 radical (unpaired) electrons. The van der Waals surface area contributed by atoms with Crippen molar-refractivity contribution in [2.45, 2.75) is 58.0 Å². The highest BCUT2D eigenvalue weighted by Gasteiger charge is 2.28. The number of H-pyrrole nitrogens is 1. The fourth-order valence-electron chi connectivity index (χ4n) is 2.52. The van der Waals surface area contributed by atoms with Crippen LogP contribution in [0.5, 0.6) is 0 Å². The van der Waals surface area contributed by atoms with E-state index in [0.717, 1.165) is 24.5 Å². The third-order valence-corrected chi connectivity index (χ3v) is 3.62. The summed E-state index contributed by atoms with van der Waals surface area (Å²) < 4.78 is 25.1. The van der Waals surface area contributed by atoms with Crippen LogP contribution in [0.1, 0.15) is 50.3 Å². The predicted molar refractivity (Wildman–Crippen MR) is 64.4 cm³/mol. The van der Waals surface area contributed by atoms with Gasteiger partial charge in [0.25, 0.3) is 0 Å². The van der Waals surface area contributed by atoms with Crippen LogP contribution in [0, 0.1) is 12.8 Å². The van der Waals surface area contributed by atoms with Crippen LogP contribution in [0.2, 0.25) is 0 Å². The molecule has 1 unspecified atom stereocenters. The molecule has 0 saturated heterocycles. The van der Waals surface area contributed by atoms with Gasteiger partial charge in [-0.1, -0.05) is 0 Å². The van der Waals surface area contributed by atoms with Crippen molar-refractivity contribution in [2.75, 3.05) is 0 Å². The molecule has 1 fully saturated rings. The van der Waals surface area contributed by atoms with Gasteiger partial charge in [0.05, 0.1) is 6.04 Å². The minimum Gasteiger partial charge on any atom is -0.305 e. The Morgan fingerprint density at radius 2 is 1.94 bits per heavy atom. The van der Waals surface area contributed by atoms with Gasteiger partial charge in [0, 0.05) is 12.0 Å². The van der Waals surface area contributed by atoms with Crippen LogP contribution in [0.4, 0.5) is 8.78 Å². The number of aromatic nitrogens is 3. The van der Waals surface area contributed by atoms with Crippen molar-refractivity contribution < 1.29 is 8.78 Å². The average molecular weight is 258 g/mol. The molecule has 18 heavy (non-hydrogen) atoms. The quantitative estimate of drug-likeness (QED) is 0.872. The number of hydrogen-bond acceptors (Lipinski definition) is 3. The third-order valence-electron chi connectivity index (χ3n) is 3.62. The lowest BCUT2D eigenvalue weighted by Gasteiger charge is -2.30. The van der Waals surface area contributed by atoms with Crippen LogP contribution in [0.3, 0.4) is 0 Å². The first-order valence-corrected chi connectivity index (χ1v) is 6.49. The van der Waals surface area contributed by atoms with Crippen molar-refractivity contribution in [1.82, 2.24) is 20.5 Å². The zero-order valence-electron chi connectivity index (χ0n) is 10.8.